The highest BCUT2D eigenvalue weighted by molar-refractivity contribution is 5.74. The molecule has 0 spiro atoms. The van der Waals surface area contributed by atoms with Gasteiger partial charge in [0.15, 0.2) is 6.10 Å². The van der Waals surface area contributed by atoms with Crippen LogP contribution in [0.4, 0.5) is 0 Å². The molecule has 1 unspecified atom stereocenters. The van der Waals surface area contributed by atoms with Gasteiger partial charge in [-0.1, -0.05) is 42.5 Å². The normalized spacial score (nSPS) is 11.0. The first kappa shape index (κ1) is 19.7. The number of carbonyl (C=O) groups excluding carboxylic acids is 1. The number of hydrogen-bond acceptors (Lipinski definition) is 5. The zero-order valence-corrected chi connectivity index (χ0v) is 15.8. The number of nitriles is 2. The standard InChI is InChI=1S/C24H18N2O3/c1-17(29-22-12-8-18(14-25)9-13-22)24(27)28-16-19-6-10-20(11-7-19)23-5-3-2-4-21(23)15-26/h2-13,17H,16H2,1H3. The van der Waals surface area contributed by atoms with Crippen LogP contribution in [-0.2, 0) is 16.1 Å². The van der Waals surface area contributed by atoms with E-state index in [0.717, 1.165) is 16.7 Å². The fourth-order valence-electron chi connectivity index (χ4n) is 2.74. The SMILES string of the molecule is CC(Oc1ccc(C#N)cc1)C(=O)OCc1ccc(-c2ccccc2C#N)cc1. The molecule has 0 fully saturated rings. The molecule has 0 N–H and O–H groups in total. The molecule has 0 aromatic heterocycles. The Labute approximate surface area is 169 Å². The van der Waals surface area contributed by atoms with Gasteiger partial charge < -0.3 is 9.47 Å². The molecule has 0 radical (unpaired) electrons. The lowest BCUT2D eigenvalue weighted by Crippen LogP contribution is -2.26. The molecule has 0 aliphatic carbocycles. The van der Waals surface area contributed by atoms with Crippen molar-refractivity contribution in [3.8, 4) is 29.0 Å². The predicted molar refractivity (Wildman–Crippen MR) is 108 cm³/mol. The fraction of sp³-hybridized carbons (Fsp3) is 0.125. The monoisotopic (exact) mass is 382 g/mol. The second-order valence-corrected chi connectivity index (χ2v) is 6.36. The smallest absolute Gasteiger partial charge is 0.347 e. The van der Waals surface area contributed by atoms with Gasteiger partial charge in [0.1, 0.15) is 12.4 Å². The molecule has 0 heterocycles. The lowest BCUT2D eigenvalue weighted by molar-refractivity contribution is -0.152. The molecule has 142 valence electrons. The Morgan fingerprint density at radius 3 is 2.28 bits per heavy atom. The van der Waals surface area contributed by atoms with E-state index in [9.17, 15) is 10.1 Å². The summed E-state index contributed by atoms with van der Waals surface area (Å²) in [7, 11) is 0. The van der Waals surface area contributed by atoms with Crippen LogP contribution in [0, 0.1) is 22.7 Å². The highest BCUT2D eigenvalue weighted by atomic mass is 16.6. The molecule has 0 saturated carbocycles. The number of carbonyl (C=O) groups is 1. The topological polar surface area (TPSA) is 83.1 Å². The van der Waals surface area contributed by atoms with Crippen LogP contribution in [0.1, 0.15) is 23.6 Å². The van der Waals surface area contributed by atoms with E-state index in [2.05, 4.69) is 6.07 Å². The van der Waals surface area contributed by atoms with Crippen molar-refractivity contribution in [1.29, 1.82) is 10.5 Å². The summed E-state index contributed by atoms with van der Waals surface area (Å²) in [6.45, 7) is 1.74. The average Bonchev–Trinajstić information content (AvgIpc) is 2.78. The lowest BCUT2D eigenvalue weighted by Gasteiger charge is -2.14. The van der Waals surface area contributed by atoms with E-state index in [1.807, 2.05) is 48.5 Å². The van der Waals surface area contributed by atoms with Crippen LogP contribution in [0.2, 0.25) is 0 Å². The molecule has 0 aliphatic heterocycles. The van der Waals surface area contributed by atoms with E-state index < -0.39 is 12.1 Å². The van der Waals surface area contributed by atoms with Crippen LogP contribution in [0.15, 0.2) is 72.8 Å². The minimum Gasteiger partial charge on any atom is -0.479 e. The Hall–Kier alpha value is -4.09. The molecule has 3 aromatic carbocycles. The molecule has 3 rings (SSSR count). The van der Waals surface area contributed by atoms with Crippen molar-refractivity contribution >= 4 is 5.97 Å². The summed E-state index contributed by atoms with van der Waals surface area (Å²) in [5.41, 5.74) is 3.76. The molecule has 0 saturated heterocycles. The van der Waals surface area contributed by atoms with Crippen molar-refractivity contribution in [2.24, 2.45) is 0 Å². The first-order chi connectivity index (χ1) is 14.1. The van der Waals surface area contributed by atoms with E-state index in [-0.39, 0.29) is 6.61 Å². The summed E-state index contributed by atoms with van der Waals surface area (Å²) in [6.07, 6.45) is -0.773. The van der Waals surface area contributed by atoms with E-state index in [0.29, 0.717) is 16.9 Å². The van der Waals surface area contributed by atoms with Gasteiger partial charge in [0.2, 0.25) is 0 Å². The van der Waals surface area contributed by atoms with E-state index in [4.69, 9.17) is 14.7 Å². The van der Waals surface area contributed by atoms with Crippen LogP contribution in [0.3, 0.4) is 0 Å². The molecule has 29 heavy (non-hydrogen) atoms. The summed E-state index contributed by atoms with van der Waals surface area (Å²) in [5.74, 6) is 0.0159. The molecular weight excluding hydrogens is 364 g/mol. The van der Waals surface area contributed by atoms with Crippen LogP contribution < -0.4 is 4.74 Å². The maximum Gasteiger partial charge on any atom is 0.347 e. The second-order valence-electron chi connectivity index (χ2n) is 6.36. The van der Waals surface area contributed by atoms with Crippen LogP contribution >= 0.6 is 0 Å². The van der Waals surface area contributed by atoms with Gasteiger partial charge in [-0.25, -0.2) is 4.79 Å². The molecule has 0 amide bonds. The van der Waals surface area contributed by atoms with Crippen LogP contribution in [0.25, 0.3) is 11.1 Å². The maximum atomic E-state index is 12.2. The van der Waals surface area contributed by atoms with Crippen molar-refractivity contribution < 1.29 is 14.3 Å². The van der Waals surface area contributed by atoms with Crippen molar-refractivity contribution in [3.05, 3.63) is 89.5 Å². The van der Waals surface area contributed by atoms with Crippen LogP contribution in [0.5, 0.6) is 5.75 Å². The summed E-state index contributed by atoms with van der Waals surface area (Å²) >= 11 is 0. The molecule has 0 aliphatic rings. The Kier molecular flexibility index (Phi) is 6.25. The first-order valence-electron chi connectivity index (χ1n) is 9.02. The van der Waals surface area contributed by atoms with Gasteiger partial charge in [-0.3, -0.25) is 0 Å². The minimum atomic E-state index is -0.773. The average molecular weight is 382 g/mol. The van der Waals surface area contributed by atoms with Crippen molar-refractivity contribution in [2.75, 3.05) is 0 Å². The number of esters is 1. The molecule has 5 nitrogen and oxygen atoms in total. The Morgan fingerprint density at radius 2 is 1.62 bits per heavy atom. The summed E-state index contributed by atoms with van der Waals surface area (Å²) in [6, 6.07) is 25.7. The van der Waals surface area contributed by atoms with Gasteiger partial charge in [0.25, 0.3) is 0 Å². The third kappa shape index (κ3) is 5.00. The summed E-state index contributed by atoms with van der Waals surface area (Å²) in [4.78, 5) is 12.2. The van der Waals surface area contributed by atoms with E-state index in [1.54, 1.807) is 37.3 Å². The number of benzene rings is 3. The number of nitrogens with zero attached hydrogens (tertiary/aromatic N) is 2. The van der Waals surface area contributed by atoms with Gasteiger partial charge in [-0.15, -0.1) is 0 Å². The highest BCUT2D eigenvalue weighted by Crippen LogP contribution is 2.23. The molecule has 5 heteroatoms. The van der Waals surface area contributed by atoms with Crippen molar-refractivity contribution in [1.82, 2.24) is 0 Å². The van der Waals surface area contributed by atoms with Gasteiger partial charge in [-0.05, 0) is 53.9 Å². The highest BCUT2D eigenvalue weighted by Gasteiger charge is 2.16. The first-order valence-corrected chi connectivity index (χ1v) is 9.02. The summed E-state index contributed by atoms with van der Waals surface area (Å²) in [5, 5.41) is 18.0. The third-order valence-electron chi connectivity index (χ3n) is 4.32. The zero-order valence-electron chi connectivity index (χ0n) is 15.8. The van der Waals surface area contributed by atoms with Gasteiger partial charge in [0.05, 0.1) is 23.3 Å². The van der Waals surface area contributed by atoms with E-state index >= 15 is 0 Å². The number of ether oxygens (including phenoxy) is 2. The third-order valence-corrected chi connectivity index (χ3v) is 4.32. The quantitative estimate of drug-likeness (QED) is 0.582. The summed E-state index contributed by atoms with van der Waals surface area (Å²) < 4.78 is 10.9. The second kappa shape index (κ2) is 9.21. The molecule has 3 aromatic rings. The van der Waals surface area contributed by atoms with Gasteiger partial charge in [-0.2, -0.15) is 10.5 Å². The Bertz CT molecular complexity index is 1070. The van der Waals surface area contributed by atoms with Crippen molar-refractivity contribution in [2.45, 2.75) is 19.6 Å². The molecular formula is C24H18N2O3. The van der Waals surface area contributed by atoms with Crippen molar-refractivity contribution in [3.63, 3.8) is 0 Å². The maximum absolute atomic E-state index is 12.2. The number of hydrogen-bond donors (Lipinski definition) is 0. The van der Waals surface area contributed by atoms with E-state index in [1.165, 1.54) is 0 Å². The molecule has 0 bridgehead atoms. The minimum absolute atomic E-state index is 0.125. The molecule has 1 atom stereocenters. The Balaban J connectivity index is 1.57. The zero-order chi connectivity index (χ0) is 20.6. The fourth-order valence-corrected chi connectivity index (χ4v) is 2.74. The lowest BCUT2D eigenvalue weighted by atomic mass is 9.99. The Morgan fingerprint density at radius 1 is 0.931 bits per heavy atom. The van der Waals surface area contributed by atoms with Crippen LogP contribution in [-0.4, -0.2) is 12.1 Å². The number of rotatable bonds is 6. The predicted octanol–water partition coefficient (Wildman–Crippen LogP) is 4.61. The largest absolute Gasteiger partial charge is 0.479 e. The van der Waals surface area contributed by atoms with Gasteiger partial charge >= 0.3 is 5.97 Å². The van der Waals surface area contributed by atoms with Gasteiger partial charge in [0, 0.05) is 0 Å².